The first-order valence-corrected chi connectivity index (χ1v) is 9.30. The Balaban J connectivity index is 2.85. The van der Waals surface area contributed by atoms with Crippen LogP contribution in [0, 0.1) is 5.92 Å². The third-order valence-corrected chi connectivity index (χ3v) is 4.60. The molecule has 6 nitrogen and oxygen atoms in total. The van der Waals surface area contributed by atoms with Crippen molar-refractivity contribution in [3.8, 4) is 0 Å². The van der Waals surface area contributed by atoms with Gasteiger partial charge in [-0.05, 0) is 38.5 Å². The van der Waals surface area contributed by atoms with Gasteiger partial charge < -0.3 is 14.8 Å². The van der Waals surface area contributed by atoms with Crippen LogP contribution in [-0.2, 0) is 30.0 Å². The summed E-state index contributed by atoms with van der Waals surface area (Å²) >= 11 is 0. The maximum absolute atomic E-state index is 13.8. The van der Waals surface area contributed by atoms with E-state index in [0.29, 0.717) is 6.29 Å². The number of carbonyl (C=O) groups is 3. The Labute approximate surface area is 171 Å². The summed E-state index contributed by atoms with van der Waals surface area (Å²) in [4.78, 5) is 36.6. The zero-order valence-electron chi connectivity index (χ0n) is 16.7. The van der Waals surface area contributed by atoms with Gasteiger partial charge in [0, 0.05) is 17.3 Å². The molecule has 1 aliphatic heterocycles. The van der Waals surface area contributed by atoms with E-state index in [-0.39, 0.29) is 35.7 Å². The van der Waals surface area contributed by atoms with Crippen molar-refractivity contribution in [1.29, 1.82) is 0 Å². The van der Waals surface area contributed by atoms with Gasteiger partial charge in [0.15, 0.2) is 0 Å². The van der Waals surface area contributed by atoms with E-state index < -0.39 is 35.5 Å². The van der Waals surface area contributed by atoms with Crippen LogP contribution < -0.4 is 5.32 Å². The second-order valence-corrected chi connectivity index (χ2v) is 6.43. The molecule has 1 heterocycles. The molecule has 1 N–H and O–H groups in total. The highest BCUT2D eigenvalue weighted by molar-refractivity contribution is 5.94. The normalized spacial score (nSPS) is 20.5. The molecule has 2 atom stereocenters. The lowest BCUT2D eigenvalue weighted by Gasteiger charge is -2.36. The summed E-state index contributed by atoms with van der Waals surface area (Å²) < 4.78 is 51.4. The van der Waals surface area contributed by atoms with Crippen molar-refractivity contribution >= 4 is 18.2 Å². The fourth-order valence-corrected chi connectivity index (χ4v) is 3.51. The SMILES string of the molecule is CCOC(=O)C1=C(C)N/C(=C\C=O)[C@@H](C(=O)OCC)[C@@H]1c1ccccc1C(F)(F)F. The highest BCUT2D eigenvalue weighted by atomic mass is 19.4. The van der Waals surface area contributed by atoms with Gasteiger partial charge >= 0.3 is 18.1 Å². The number of alkyl halides is 3. The largest absolute Gasteiger partial charge is 0.465 e. The minimum atomic E-state index is -4.73. The number of hydrogen-bond acceptors (Lipinski definition) is 6. The molecule has 1 aromatic carbocycles. The van der Waals surface area contributed by atoms with Crippen LogP contribution in [0.5, 0.6) is 0 Å². The second-order valence-electron chi connectivity index (χ2n) is 6.43. The summed E-state index contributed by atoms with van der Waals surface area (Å²) in [5, 5.41) is 2.78. The molecular formula is C21H22F3NO5. The average molecular weight is 425 g/mol. The molecule has 0 aliphatic carbocycles. The van der Waals surface area contributed by atoms with E-state index in [1.165, 1.54) is 25.1 Å². The van der Waals surface area contributed by atoms with Crippen molar-refractivity contribution < 1.29 is 37.0 Å². The number of esters is 2. The number of benzene rings is 1. The lowest BCUT2D eigenvalue weighted by atomic mass is 9.74. The Hall–Kier alpha value is -3.10. The van der Waals surface area contributed by atoms with Crippen molar-refractivity contribution in [3.63, 3.8) is 0 Å². The molecule has 1 aliphatic rings. The number of ether oxygens (including phenoxy) is 2. The lowest BCUT2D eigenvalue weighted by molar-refractivity contribution is -0.149. The molecule has 1 aromatic rings. The first-order chi connectivity index (χ1) is 14.2. The van der Waals surface area contributed by atoms with Gasteiger partial charge in [0.05, 0.1) is 24.4 Å². The highest BCUT2D eigenvalue weighted by Gasteiger charge is 2.47. The first-order valence-electron chi connectivity index (χ1n) is 9.30. The molecule has 162 valence electrons. The van der Waals surface area contributed by atoms with E-state index in [4.69, 9.17) is 9.47 Å². The van der Waals surface area contributed by atoms with Gasteiger partial charge in [0.1, 0.15) is 12.2 Å². The number of hydrogen-bond donors (Lipinski definition) is 1. The van der Waals surface area contributed by atoms with Crippen LogP contribution in [-0.4, -0.2) is 31.4 Å². The molecule has 0 amide bonds. The Bertz CT molecular complexity index is 889. The fourth-order valence-electron chi connectivity index (χ4n) is 3.51. The number of aldehydes is 1. The molecule has 0 unspecified atom stereocenters. The summed E-state index contributed by atoms with van der Waals surface area (Å²) in [5.41, 5.74) is -1.19. The van der Waals surface area contributed by atoms with Crippen LogP contribution in [0.15, 0.2) is 47.3 Å². The van der Waals surface area contributed by atoms with Crippen LogP contribution in [0.2, 0.25) is 0 Å². The standard InChI is InChI=1S/C21H22F3NO5/c1-4-29-19(27)16-12(3)25-15(10-11-26)18(20(28)30-5-2)17(16)13-8-6-7-9-14(13)21(22,23)24/h6-11,17-18,25H,4-5H2,1-3H3/b15-10-/t17-,18-/m1/s1. The number of halogens is 3. The summed E-state index contributed by atoms with van der Waals surface area (Å²) in [5.74, 6) is -4.46. The van der Waals surface area contributed by atoms with Gasteiger partial charge in [-0.15, -0.1) is 0 Å². The minimum Gasteiger partial charge on any atom is -0.465 e. The summed E-state index contributed by atoms with van der Waals surface area (Å²) in [6.07, 6.45) is -3.29. The van der Waals surface area contributed by atoms with Crippen LogP contribution in [0.3, 0.4) is 0 Å². The number of allylic oxidation sites excluding steroid dienone is 2. The van der Waals surface area contributed by atoms with E-state index in [0.717, 1.165) is 12.1 Å². The second kappa shape index (κ2) is 9.60. The van der Waals surface area contributed by atoms with Gasteiger partial charge in [0.25, 0.3) is 0 Å². The van der Waals surface area contributed by atoms with Gasteiger partial charge in [-0.1, -0.05) is 18.2 Å². The Morgan fingerprint density at radius 3 is 2.33 bits per heavy atom. The maximum Gasteiger partial charge on any atom is 0.416 e. The van der Waals surface area contributed by atoms with Gasteiger partial charge in [-0.2, -0.15) is 13.2 Å². The molecule has 0 fully saturated rings. The summed E-state index contributed by atoms with van der Waals surface area (Å²) in [6.45, 7) is 4.53. The number of carbonyl (C=O) groups excluding carboxylic acids is 3. The smallest absolute Gasteiger partial charge is 0.416 e. The van der Waals surface area contributed by atoms with Crippen molar-refractivity contribution in [2.24, 2.45) is 5.92 Å². The molecular weight excluding hydrogens is 403 g/mol. The van der Waals surface area contributed by atoms with E-state index in [2.05, 4.69) is 5.32 Å². The van der Waals surface area contributed by atoms with E-state index in [9.17, 15) is 27.6 Å². The molecule has 0 aromatic heterocycles. The van der Waals surface area contributed by atoms with Crippen molar-refractivity contribution in [3.05, 3.63) is 58.4 Å². The first kappa shape index (κ1) is 23.2. The molecule has 0 spiro atoms. The van der Waals surface area contributed by atoms with Crippen LogP contribution in [0.4, 0.5) is 13.2 Å². The third-order valence-electron chi connectivity index (χ3n) is 4.60. The zero-order chi connectivity index (χ0) is 22.5. The Morgan fingerprint density at radius 2 is 1.77 bits per heavy atom. The topological polar surface area (TPSA) is 81.7 Å². The molecule has 0 saturated carbocycles. The summed E-state index contributed by atoms with van der Waals surface area (Å²) in [7, 11) is 0. The molecule has 30 heavy (non-hydrogen) atoms. The summed E-state index contributed by atoms with van der Waals surface area (Å²) in [6, 6.07) is 4.68. The fraction of sp³-hybridized carbons (Fsp3) is 0.381. The molecule has 0 radical (unpaired) electrons. The Morgan fingerprint density at radius 1 is 1.13 bits per heavy atom. The van der Waals surface area contributed by atoms with Crippen molar-refractivity contribution in [2.75, 3.05) is 13.2 Å². The van der Waals surface area contributed by atoms with Crippen molar-refractivity contribution in [1.82, 2.24) is 5.32 Å². The van der Waals surface area contributed by atoms with Crippen LogP contribution >= 0.6 is 0 Å². The van der Waals surface area contributed by atoms with Crippen molar-refractivity contribution in [2.45, 2.75) is 32.9 Å². The maximum atomic E-state index is 13.8. The van der Waals surface area contributed by atoms with E-state index >= 15 is 0 Å². The highest BCUT2D eigenvalue weighted by Crippen LogP contribution is 2.46. The van der Waals surface area contributed by atoms with Gasteiger partial charge in [0.2, 0.25) is 0 Å². The molecule has 0 bridgehead atoms. The average Bonchev–Trinajstić information content (AvgIpc) is 2.67. The molecule has 0 saturated heterocycles. The number of nitrogens with one attached hydrogen (secondary N) is 1. The van der Waals surface area contributed by atoms with Crippen LogP contribution in [0.1, 0.15) is 37.8 Å². The van der Waals surface area contributed by atoms with Gasteiger partial charge in [-0.3, -0.25) is 9.59 Å². The third kappa shape index (κ3) is 4.72. The Kier molecular flexibility index (Phi) is 7.42. The molecule has 9 heteroatoms. The van der Waals surface area contributed by atoms with E-state index in [1.54, 1.807) is 13.8 Å². The van der Waals surface area contributed by atoms with Crippen LogP contribution in [0.25, 0.3) is 0 Å². The lowest BCUT2D eigenvalue weighted by Crippen LogP contribution is -2.41. The van der Waals surface area contributed by atoms with Gasteiger partial charge in [-0.25, -0.2) is 4.79 Å². The predicted octanol–water partition coefficient (Wildman–Crippen LogP) is 3.49. The van der Waals surface area contributed by atoms with E-state index in [1.807, 2.05) is 0 Å². The quantitative estimate of drug-likeness (QED) is 0.427. The minimum absolute atomic E-state index is 0.00957. The molecule has 2 rings (SSSR count). The predicted molar refractivity (Wildman–Crippen MR) is 101 cm³/mol. The monoisotopic (exact) mass is 425 g/mol. The zero-order valence-corrected chi connectivity index (χ0v) is 16.7. The number of rotatable bonds is 6.